The molecule has 0 spiro atoms. The predicted molar refractivity (Wildman–Crippen MR) is 65.6 cm³/mol. The van der Waals surface area contributed by atoms with Crippen LogP contribution in [0.15, 0.2) is 18.2 Å². The first-order valence-electron chi connectivity index (χ1n) is 6.13. The smallest absolute Gasteiger partial charge is 0.263 e. The molecule has 3 nitrogen and oxygen atoms in total. The monoisotopic (exact) mass is 249 g/mol. The average Bonchev–Trinajstić information content (AvgIpc) is 2.73. The number of nitrogens with zero attached hydrogens (tertiary/aromatic N) is 1. The summed E-state index contributed by atoms with van der Waals surface area (Å²) in [6.07, 6.45) is 1.24. The molecule has 1 heterocycles. The van der Waals surface area contributed by atoms with E-state index in [0.717, 1.165) is 12.0 Å². The number of imide groups is 1. The number of likely N-dealkylation sites (tertiary alicyclic amines) is 1. The fourth-order valence-corrected chi connectivity index (χ4v) is 2.20. The van der Waals surface area contributed by atoms with E-state index in [4.69, 9.17) is 0 Å². The number of hydrogen-bond donors (Lipinski definition) is 0. The van der Waals surface area contributed by atoms with Gasteiger partial charge in [-0.05, 0) is 25.0 Å². The number of aryl methyl sites for hydroxylation is 1. The molecule has 96 valence electrons. The predicted octanol–water partition coefficient (Wildman–Crippen LogP) is 2.53. The minimum Gasteiger partial charge on any atom is -0.278 e. The van der Waals surface area contributed by atoms with Gasteiger partial charge < -0.3 is 0 Å². The molecule has 2 rings (SSSR count). The molecule has 1 aromatic rings. The van der Waals surface area contributed by atoms with Crippen LogP contribution in [0, 0.1) is 18.7 Å². The van der Waals surface area contributed by atoms with Crippen molar-refractivity contribution in [3.05, 3.63) is 35.1 Å². The molecule has 0 bridgehead atoms. The molecule has 0 aliphatic carbocycles. The fourth-order valence-electron chi connectivity index (χ4n) is 2.20. The number of carbonyl (C=O) groups excluding carboxylic acids is 2. The summed E-state index contributed by atoms with van der Waals surface area (Å²) < 4.78 is 13.6. The van der Waals surface area contributed by atoms with Crippen LogP contribution >= 0.6 is 0 Å². The first-order chi connectivity index (χ1) is 8.52. The Kier molecular flexibility index (Phi) is 3.45. The molecule has 0 aromatic heterocycles. The van der Waals surface area contributed by atoms with E-state index in [1.807, 2.05) is 6.92 Å². The second-order valence-electron chi connectivity index (χ2n) is 4.77. The maximum absolute atomic E-state index is 13.6. The Labute approximate surface area is 106 Å². The zero-order valence-electron chi connectivity index (χ0n) is 10.6. The van der Waals surface area contributed by atoms with Crippen molar-refractivity contribution in [3.63, 3.8) is 0 Å². The SMILES string of the molecule is CCC1CC(=O)N(C(=O)c2cc(C)ccc2F)C1. The van der Waals surface area contributed by atoms with E-state index in [0.29, 0.717) is 13.0 Å². The zero-order chi connectivity index (χ0) is 13.3. The molecule has 1 aliphatic rings. The van der Waals surface area contributed by atoms with Gasteiger partial charge in [-0.3, -0.25) is 14.5 Å². The van der Waals surface area contributed by atoms with Crippen molar-refractivity contribution in [1.29, 1.82) is 0 Å². The fraction of sp³-hybridized carbons (Fsp3) is 0.429. The average molecular weight is 249 g/mol. The topological polar surface area (TPSA) is 37.4 Å². The van der Waals surface area contributed by atoms with Crippen molar-refractivity contribution in [2.24, 2.45) is 5.92 Å². The van der Waals surface area contributed by atoms with E-state index in [1.165, 1.54) is 17.0 Å². The van der Waals surface area contributed by atoms with Crippen LogP contribution in [-0.4, -0.2) is 23.3 Å². The highest BCUT2D eigenvalue weighted by molar-refractivity contribution is 6.05. The van der Waals surface area contributed by atoms with Crippen LogP contribution in [0.1, 0.15) is 35.7 Å². The van der Waals surface area contributed by atoms with Gasteiger partial charge in [0.15, 0.2) is 0 Å². The van der Waals surface area contributed by atoms with E-state index in [2.05, 4.69) is 0 Å². The van der Waals surface area contributed by atoms with Crippen molar-refractivity contribution in [3.8, 4) is 0 Å². The molecule has 2 amide bonds. The van der Waals surface area contributed by atoms with Gasteiger partial charge in [0.2, 0.25) is 5.91 Å². The van der Waals surface area contributed by atoms with Crippen LogP contribution in [0.4, 0.5) is 4.39 Å². The van der Waals surface area contributed by atoms with Gasteiger partial charge in [-0.2, -0.15) is 0 Å². The molecule has 4 heteroatoms. The summed E-state index contributed by atoms with van der Waals surface area (Å²) in [6.45, 7) is 4.18. The molecule has 1 unspecified atom stereocenters. The Morgan fingerprint density at radius 2 is 2.22 bits per heavy atom. The molecule has 1 saturated heterocycles. The molecular formula is C14H16FNO2. The lowest BCUT2D eigenvalue weighted by Gasteiger charge is -2.15. The van der Waals surface area contributed by atoms with E-state index in [-0.39, 0.29) is 17.4 Å². The molecule has 0 saturated carbocycles. The highest BCUT2D eigenvalue weighted by Gasteiger charge is 2.34. The van der Waals surface area contributed by atoms with Crippen molar-refractivity contribution in [2.75, 3.05) is 6.54 Å². The van der Waals surface area contributed by atoms with Crippen LogP contribution in [0.5, 0.6) is 0 Å². The van der Waals surface area contributed by atoms with Gasteiger partial charge >= 0.3 is 0 Å². The summed E-state index contributed by atoms with van der Waals surface area (Å²) in [5.74, 6) is -1.09. The lowest BCUT2D eigenvalue weighted by Crippen LogP contribution is -2.33. The summed E-state index contributed by atoms with van der Waals surface area (Å²) >= 11 is 0. The molecule has 1 atom stereocenters. The van der Waals surface area contributed by atoms with E-state index in [9.17, 15) is 14.0 Å². The van der Waals surface area contributed by atoms with Crippen molar-refractivity contribution in [2.45, 2.75) is 26.7 Å². The highest BCUT2D eigenvalue weighted by atomic mass is 19.1. The Hall–Kier alpha value is -1.71. The van der Waals surface area contributed by atoms with Crippen LogP contribution in [0.2, 0.25) is 0 Å². The summed E-state index contributed by atoms with van der Waals surface area (Å²) in [5, 5.41) is 0. The molecule has 18 heavy (non-hydrogen) atoms. The van der Waals surface area contributed by atoms with E-state index >= 15 is 0 Å². The first-order valence-corrected chi connectivity index (χ1v) is 6.13. The highest BCUT2D eigenvalue weighted by Crippen LogP contribution is 2.23. The first kappa shape index (κ1) is 12.7. The van der Waals surface area contributed by atoms with Gasteiger partial charge in [-0.1, -0.05) is 25.0 Å². The van der Waals surface area contributed by atoms with Crippen LogP contribution in [0.3, 0.4) is 0 Å². The van der Waals surface area contributed by atoms with Crippen LogP contribution < -0.4 is 0 Å². The lowest BCUT2D eigenvalue weighted by molar-refractivity contribution is -0.125. The summed E-state index contributed by atoms with van der Waals surface area (Å²) in [5.41, 5.74) is 0.790. The Balaban J connectivity index is 2.26. The number of amides is 2. The van der Waals surface area contributed by atoms with Gasteiger partial charge in [0, 0.05) is 13.0 Å². The summed E-state index contributed by atoms with van der Waals surface area (Å²) in [7, 11) is 0. The van der Waals surface area contributed by atoms with Crippen LogP contribution in [-0.2, 0) is 4.79 Å². The standard InChI is InChI=1S/C14H16FNO2/c1-3-10-7-13(17)16(8-10)14(18)11-6-9(2)4-5-12(11)15/h4-6,10H,3,7-8H2,1-2H3. The normalized spacial score (nSPS) is 19.4. The van der Waals surface area contributed by atoms with Crippen molar-refractivity contribution < 1.29 is 14.0 Å². The Morgan fingerprint density at radius 1 is 1.50 bits per heavy atom. The number of carbonyl (C=O) groups is 2. The maximum Gasteiger partial charge on any atom is 0.263 e. The zero-order valence-corrected chi connectivity index (χ0v) is 10.6. The number of hydrogen-bond acceptors (Lipinski definition) is 2. The molecule has 0 N–H and O–H groups in total. The largest absolute Gasteiger partial charge is 0.278 e. The second kappa shape index (κ2) is 4.88. The van der Waals surface area contributed by atoms with Crippen molar-refractivity contribution >= 4 is 11.8 Å². The molecule has 1 aliphatic heterocycles. The molecular weight excluding hydrogens is 233 g/mol. The van der Waals surface area contributed by atoms with Gasteiger partial charge in [0.1, 0.15) is 5.82 Å². The quantitative estimate of drug-likeness (QED) is 0.755. The van der Waals surface area contributed by atoms with E-state index < -0.39 is 11.7 Å². The lowest BCUT2D eigenvalue weighted by atomic mass is 10.1. The minimum atomic E-state index is -0.571. The van der Waals surface area contributed by atoms with Crippen LogP contribution in [0.25, 0.3) is 0 Å². The van der Waals surface area contributed by atoms with Crippen molar-refractivity contribution in [1.82, 2.24) is 4.90 Å². The third-order valence-corrected chi connectivity index (χ3v) is 3.38. The number of benzene rings is 1. The molecule has 1 fully saturated rings. The Bertz CT molecular complexity index is 499. The maximum atomic E-state index is 13.6. The summed E-state index contributed by atoms with van der Waals surface area (Å²) in [6, 6.07) is 4.36. The van der Waals surface area contributed by atoms with E-state index in [1.54, 1.807) is 13.0 Å². The van der Waals surface area contributed by atoms with Gasteiger partial charge in [-0.25, -0.2) is 4.39 Å². The number of rotatable bonds is 2. The minimum absolute atomic E-state index is 0.0138. The van der Waals surface area contributed by atoms with Gasteiger partial charge in [0.25, 0.3) is 5.91 Å². The third kappa shape index (κ3) is 2.28. The van der Waals surface area contributed by atoms with Gasteiger partial charge in [0.05, 0.1) is 5.56 Å². The molecule has 0 radical (unpaired) electrons. The Morgan fingerprint density at radius 3 is 2.83 bits per heavy atom. The van der Waals surface area contributed by atoms with Gasteiger partial charge in [-0.15, -0.1) is 0 Å². The number of halogens is 1. The second-order valence-corrected chi connectivity index (χ2v) is 4.77. The summed E-state index contributed by atoms with van der Waals surface area (Å²) in [4.78, 5) is 25.1. The third-order valence-electron chi connectivity index (χ3n) is 3.38. The molecule has 1 aromatic carbocycles.